The van der Waals surface area contributed by atoms with Crippen LogP contribution in [-0.2, 0) is 0 Å². The van der Waals surface area contributed by atoms with Crippen LogP contribution in [0.3, 0.4) is 0 Å². The number of carbonyl (C=O) groups is 1. The highest BCUT2D eigenvalue weighted by Crippen LogP contribution is 2.13. The van der Waals surface area contributed by atoms with Crippen LogP contribution in [0.4, 0.5) is 5.69 Å². The first-order valence-electron chi connectivity index (χ1n) is 4.44. The van der Waals surface area contributed by atoms with Crippen molar-refractivity contribution in [2.45, 2.75) is 13.2 Å². The predicted octanol–water partition coefficient (Wildman–Crippen LogP) is -0.455. The van der Waals surface area contributed by atoms with Crippen LogP contribution >= 0.6 is 0 Å². The fraction of sp³-hybridized carbons (Fsp3) is 0.222. The van der Waals surface area contributed by atoms with Crippen LogP contribution in [-0.4, -0.2) is 17.2 Å². The summed E-state index contributed by atoms with van der Waals surface area (Å²) in [6, 6.07) is 6.80. The van der Waals surface area contributed by atoms with E-state index in [1.165, 1.54) is 0 Å². The van der Waals surface area contributed by atoms with E-state index in [2.05, 4.69) is 10.9 Å². The molecule has 0 radical (unpaired) electrons. The number of hydrogen-bond donors (Lipinski definition) is 5. The van der Waals surface area contributed by atoms with Gasteiger partial charge in [0, 0.05) is 0 Å². The van der Waals surface area contributed by atoms with Gasteiger partial charge in [-0.1, -0.05) is 12.1 Å². The highest BCUT2D eigenvalue weighted by Gasteiger charge is 2.08. The van der Waals surface area contributed by atoms with Crippen molar-refractivity contribution in [3.8, 4) is 0 Å². The molecule has 1 amide bonds. The van der Waals surface area contributed by atoms with Gasteiger partial charge in [0.05, 0.1) is 11.3 Å². The van der Waals surface area contributed by atoms with Crippen molar-refractivity contribution >= 4 is 11.6 Å². The van der Waals surface area contributed by atoms with Crippen LogP contribution in [0.5, 0.6) is 0 Å². The largest absolute Gasteiger partial charge is 0.377 e. The van der Waals surface area contributed by atoms with Crippen LogP contribution in [0.2, 0.25) is 0 Å². The summed E-state index contributed by atoms with van der Waals surface area (Å²) in [5.41, 5.74) is 8.26. The van der Waals surface area contributed by atoms with Crippen LogP contribution < -0.4 is 22.1 Å². The van der Waals surface area contributed by atoms with Crippen LogP contribution in [0.1, 0.15) is 17.3 Å². The molecule has 0 fully saturated rings. The van der Waals surface area contributed by atoms with Crippen molar-refractivity contribution < 1.29 is 9.90 Å². The van der Waals surface area contributed by atoms with Gasteiger partial charge in [-0.15, -0.1) is 0 Å². The number of hydrogen-bond acceptors (Lipinski definition) is 5. The summed E-state index contributed by atoms with van der Waals surface area (Å²) in [6.07, 6.45) is -0.723. The molecule has 1 aromatic rings. The molecule has 1 atom stereocenters. The lowest BCUT2D eigenvalue weighted by Gasteiger charge is -2.13. The van der Waals surface area contributed by atoms with Gasteiger partial charge in [-0.25, -0.2) is 11.3 Å². The van der Waals surface area contributed by atoms with E-state index in [-0.39, 0.29) is 0 Å². The molecule has 0 aliphatic carbocycles. The molecule has 0 saturated heterocycles. The van der Waals surface area contributed by atoms with Gasteiger partial charge < -0.3 is 10.5 Å². The summed E-state index contributed by atoms with van der Waals surface area (Å²) < 4.78 is 0. The number of hydrazine groups is 2. The van der Waals surface area contributed by atoms with Gasteiger partial charge in [-0.3, -0.25) is 10.2 Å². The second-order valence-electron chi connectivity index (χ2n) is 2.96. The van der Waals surface area contributed by atoms with Gasteiger partial charge in [0.2, 0.25) is 0 Å². The van der Waals surface area contributed by atoms with Crippen molar-refractivity contribution in [1.29, 1.82) is 0 Å². The number of rotatable bonds is 4. The first-order chi connectivity index (χ1) is 7.15. The monoisotopic (exact) mass is 210 g/mol. The first-order valence-corrected chi connectivity index (χ1v) is 4.44. The topological polar surface area (TPSA) is 99.4 Å². The number of para-hydroxylation sites is 1. The molecule has 0 bridgehead atoms. The Labute approximate surface area is 87.4 Å². The quantitative estimate of drug-likeness (QED) is 0.200. The second-order valence-corrected chi connectivity index (χ2v) is 2.96. The standard InChI is InChI=1S/C9H14N4O2/c1-6(14)12-13-8-5-3-2-4-7(8)9(15)11-10/h2-6,12-14H,10H2,1H3,(H,11,15). The maximum absolute atomic E-state index is 11.3. The van der Waals surface area contributed by atoms with Gasteiger partial charge in [-0.2, -0.15) is 0 Å². The molecule has 1 unspecified atom stereocenters. The van der Waals surface area contributed by atoms with Crippen LogP contribution in [0.15, 0.2) is 24.3 Å². The molecule has 0 spiro atoms. The van der Waals surface area contributed by atoms with E-state index in [0.29, 0.717) is 11.3 Å². The van der Waals surface area contributed by atoms with E-state index >= 15 is 0 Å². The van der Waals surface area contributed by atoms with E-state index < -0.39 is 12.1 Å². The molecule has 0 heterocycles. The molecule has 1 rings (SSSR count). The second kappa shape index (κ2) is 5.30. The maximum atomic E-state index is 11.3. The molecule has 82 valence electrons. The average molecular weight is 210 g/mol. The number of nitrogens with two attached hydrogens (primary N) is 1. The molecule has 0 aliphatic rings. The predicted molar refractivity (Wildman–Crippen MR) is 56.5 cm³/mol. The smallest absolute Gasteiger partial charge is 0.267 e. The van der Waals surface area contributed by atoms with Crippen molar-refractivity contribution in [2.24, 2.45) is 5.84 Å². The van der Waals surface area contributed by atoms with E-state index in [4.69, 9.17) is 10.9 Å². The van der Waals surface area contributed by atoms with Gasteiger partial charge in [0.25, 0.3) is 5.91 Å². The Morgan fingerprint density at radius 1 is 1.47 bits per heavy atom. The van der Waals surface area contributed by atoms with Crippen molar-refractivity contribution in [2.75, 3.05) is 5.43 Å². The van der Waals surface area contributed by atoms with Gasteiger partial charge in [0.15, 0.2) is 0 Å². The lowest BCUT2D eigenvalue weighted by atomic mass is 10.2. The molecule has 0 aliphatic heterocycles. The Kier molecular flexibility index (Phi) is 4.04. The van der Waals surface area contributed by atoms with Crippen molar-refractivity contribution in [3.05, 3.63) is 29.8 Å². The molecular formula is C9H14N4O2. The maximum Gasteiger partial charge on any atom is 0.267 e. The number of nitrogens with one attached hydrogen (secondary N) is 3. The third-order valence-electron chi connectivity index (χ3n) is 1.72. The highest BCUT2D eigenvalue weighted by molar-refractivity contribution is 5.99. The Hall–Kier alpha value is -1.63. The number of anilines is 1. The number of aliphatic hydroxyl groups excluding tert-OH is 1. The molecule has 15 heavy (non-hydrogen) atoms. The SMILES string of the molecule is CC(O)NNc1ccccc1C(=O)NN. The van der Waals surface area contributed by atoms with Gasteiger partial charge in [0.1, 0.15) is 6.23 Å². The minimum absolute atomic E-state index is 0.396. The van der Waals surface area contributed by atoms with E-state index in [0.717, 1.165) is 0 Å². The van der Waals surface area contributed by atoms with Gasteiger partial charge >= 0.3 is 0 Å². The summed E-state index contributed by atoms with van der Waals surface area (Å²) in [7, 11) is 0. The lowest BCUT2D eigenvalue weighted by molar-refractivity contribution is 0.0954. The third kappa shape index (κ3) is 3.21. The number of nitrogen functional groups attached to an aromatic ring is 1. The molecule has 6 heteroatoms. The van der Waals surface area contributed by atoms with E-state index in [1.54, 1.807) is 31.2 Å². The minimum atomic E-state index is -0.723. The Morgan fingerprint density at radius 2 is 2.13 bits per heavy atom. The summed E-state index contributed by atoms with van der Waals surface area (Å²) in [4.78, 5) is 11.3. The highest BCUT2D eigenvalue weighted by atomic mass is 16.3. The van der Waals surface area contributed by atoms with E-state index in [1.807, 2.05) is 5.43 Å². The zero-order valence-electron chi connectivity index (χ0n) is 8.32. The van der Waals surface area contributed by atoms with Crippen molar-refractivity contribution in [3.63, 3.8) is 0 Å². The number of amides is 1. The fourth-order valence-corrected chi connectivity index (χ4v) is 1.05. The summed E-state index contributed by atoms with van der Waals surface area (Å²) in [6.45, 7) is 1.55. The molecule has 0 aromatic heterocycles. The molecule has 1 aromatic carbocycles. The van der Waals surface area contributed by atoms with Crippen molar-refractivity contribution in [1.82, 2.24) is 10.9 Å². The third-order valence-corrected chi connectivity index (χ3v) is 1.72. The fourth-order valence-electron chi connectivity index (χ4n) is 1.05. The van der Waals surface area contributed by atoms with Crippen LogP contribution in [0, 0.1) is 0 Å². The first kappa shape index (κ1) is 11.4. The number of benzene rings is 1. The zero-order chi connectivity index (χ0) is 11.3. The molecule has 0 saturated carbocycles. The minimum Gasteiger partial charge on any atom is -0.377 e. The molecule has 6 nitrogen and oxygen atoms in total. The Morgan fingerprint density at radius 3 is 2.73 bits per heavy atom. The number of carbonyl (C=O) groups excluding carboxylic acids is 1. The summed E-state index contributed by atoms with van der Waals surface area (Å²) in [5, 5.41) is 9.00. The Bertz CT molecular complexity index is 341. The summed E-state index contributed by atoms with van der Waals surface area (Å²) >= 11 is 0. The molecular weight excluding hydrogens is 196 g/mol. The van der Waals surface area contributed by atoms with Crippen LogP contribution in [0.25, 0.3) is 0 Å². The normalized spacial score (nSPS) is 11.9. The Balaban J connectivity index is 2.81. The molecule has 6 N–H and O–H groups in total. The lowest BCUT2D eigenvalue weighted by Crippen LogP contribution is -2.34. The average Bonchev–Trinajstić information content (AvgIpc) is 2.25. The zero-order valence-corrected chi connectivity index (χ0v) is 8.32. The number of aliphatic hydroxyl groups is 1. The van der Waals surface area contributed by atoms with Gasteiger partial charge in [-0.05, 0) is 19.1 Å². The summed E-state index contributed by atoms with van der Waals surface area (Å²) in [5.74, 6) is 4.63. The van der Waals surface area contributed by atoms with E-state index in [9.17, 15) is 4.79 Å².